The summed E-state index contributed by atoms with van der Waals surface area (Å²) in [5.41, 5.74) is 13.2. The smallest absolute Gasteiger partial charge is 0.123 e. The number of amidine groups is 1. The fourth-order valence-corrected chi connectivity index (χ4v) is 0.945. The molecule has 1 aromatic carbocycles. The van der Waals surface area contributed by atoms with Crippen molar-refractivity contribution in [3.8, 4) is 0 Å². The second kappa shape index (κ2) is 5.67. The number of anilines is 1. The maximum absolute atomic E-state index is 7.20. The van der Waals surface area contributed by atoms with Gasteiger partial charge in [0.2, 0.25) is 0 Å². The number of rotatable bonds is 1. The van der Waals surface area contributed by atoms with Gasteiger partial charge in [-0.15, -0.1) is 24.8 Å². The van der Waals surface area contributed by atoms with Crippen LogP contribution in [0, 0.1) is 12.3 Å². The van der Waals surface area contributed by atoms with Gasteiger partial charge in [0.1, 0.15) is 5.84 Å². The van der Waals surface area contributed by atoms with Gasteiger partial charge in [0.05, 0.1) is 0 Å². The molecule has 0 heterocycles. The van der Waals surface area contributed by atoms with E-state index >= 15 is 0 Å². The van der Waals surface area contributed by atoms with Crippen LogP contribution in [0.5, 0.6) is 0 Å². The summed E-state index contributed by atoms with van der Waals surface area (Å²) >= 11 is 0. The molecule has 74 valence electrons. The summed E-state index contributed by atoms with van der Waals surface area (Å²) in [6.07, 6.45) is 0. The van der Waals surface area contributed by atoms with E-state index in [0.717, 1.165) is 5.56 Å². The lowest BCUT2D eigenvalue weighted by Gasteiger charge is -2.04. The zero-order chi connectivity index (χ0) is 8.43. The fraction of sp³-hybridized carbons (Fsp3) is 0.125. The van der Waals surface area contributed by atoms with Crippen LogP contribution in [-0.4, -0.2) is 5.84 Å². The highest BCUT2D eigenvalue weighted by molar-refractivity contribution is 5.97. The number of nitrogens with two attached hydrogens (primary N) is 2. The highest BCUT2D eigenvalue weighted by Crippen LogP contribution is 2.14. The molecule has 3 nitrogen and oxygen atoms in total. The van der Waals surface area contributed by atoms with Crippen molar-refractivity contribution in [3.05, 3.63) is 29.3 Å². The Bertz CT molecular complexity index is 299. The first kappa shape index (κ1) is 14.6. The quantitative estimate of drug-likeness (QED) is 0.384. The molecule has 0 amide bonds. The molecule has 0 spiro atoms. The van der Waals surface area contributed by atoms with E-state index in [1.165, 1.54) is 0 Å². The zero-order valence-corrected chi connectivity index (χ0v) is 8.84. The number of nitrogen functional groups attached to an aromatic ring is 2. The molecule has 1 rings (SSSR count). The molecular formula is C8H13Cl2N3. The molecule has 0 aliphatic heterocycles. The summed E-state index contributed by atoms with van der Waals surface area (Å²) in [5.74, 6) is 0.0646. The third-order valence-corrected chi connectivity index (χ3v) is 1.67. The van der Waals surface area contributed by atoms with Crippen molar-refractivity contribution in [3.63, 3.8) is 0 Å². The molecule has 0 radical (unpaired) electrons. The molecule has 0 saturated heterocycles. The van der Waals surface area contributed by atoms with Crippen LogP contribution in [-0.2, 0) is 0 Å². The van der Waals surface area contributed by atoms with Gasteiger partial charge in [0, 0.05) is 11.3 Å². The van der Waals surface area contributed by atoms with Gasteiger partial charge >= 0.3 is 0 Å². The van der Waals surface area contributed by atoms with Gasteiger partial charge < -0.3 is 11.5 Å². The molecule has 0 atom stereocenters. The Morgan fingerprint density at radius 3 is 2.23 bits per heavy atom. The van der Waals surface area contributed by atoms with Crippen LogP contribution in [0.3, 0.4) is 0 Å². The zero-order valence-electron chi connectivity index (χ0n) is 7.20. The third kappa shape index (κ3) is 3.13. The van der Waals surface area contributed by atoms with Crippen molar-refractivity contribution in [2.75, 3.05) is 5.73 Å². The van der Waals surface area contributed by atoms with Crippen molar-refractivity contribution in [1.29, 1.82) is 5.41 Å². The maximum Gasteiger partial charge on any atom is 0.123 e. The average molecular weight is 222 g/mol. The van der Waals surface area contributed by atoms with Gasteiger partial charge in [0.25, 0.3) is 0 Å². The first-order valence-electron chi connectivity index (χ1n) is 3.32. The molecular weight excluding hydrogens is 209 g/mol. The standard InChI is InChI=1S/C8H11N3.2ClH/c1-5-6(8(10)11)3-2-4-7(5)9;;/h2-4H,9H2,1H3,(H3,10,11);2*1H. The van der Waals surface area contributed by atoms with E-state index < -0.39 is 0 Å². The Morgan fingerprint density at radius 2 is 1.85 bits per heavy atom. The monoisotopic (exact) mass is 221 g/mol. The molecule has 5 N–H and O–H groups in total. The van der Waals surface area contributed by atoms with E-state index in [2.05, 4.69) is 0 Å². The third-order valence-electron chi connectivity index (χ3n) is 1.67. The SMILES string of the molecule is Cc1c(N)cccc1C(=N)N.Cl.Cl. The van der Waals surface area contributed by atoms with Gasteiger partial charge in [-0.05, 0) is 18.6 Å². The van der Waals surface area contributed by atoms with Gasteiger partial charge in [0.15, 0.2) is 0 Å². The minimum absolute atomic E-state index is 0. The molecule has 0 bridgehead atoms. The molecule has 5 heteroatoms. The molecule has 0 aliphatic rings. The summed E-state index contributed by atoms with van der Waals surface area (Å²) < 4.78 is 0. The van der Waals surface area contributed by atoms with Crippen LogP contribution in [0.15, 0.2) is 18.2 Å². The maximum atomic E-state index is 7.20. The van der Waals surface area contributed by atoms with Crippen LogP contribution in [0.2, 0.25) is 0 Å². The molecule has 0 saturated carbocycles. The average Bonchev–Trinajstić information content (AvgIpc) is 1.94. The lowest BCUT2D eigenvalue weighted by molar-refractivity contribution is 1.37. The van der Waals surface area contributed by atoms with E-state index in [1.54, 1.807) is 18.2 Å². The van der Waals surface area contributed by atoms with Gasteiger partial charge in [-0.25, -0.2) is 0 Å². The van der Waals surface area contributed by atoms with E-state index in [0.29, 0.717) is 11.3 Å². The van der Waals surface area contributed by atoms with Crippen LogP contribution in [0.25, 0.3) is 0 Å². The summed E-state index contributed by atoms with van der Waals surface area (Å²) in [6, 6.07) is 5.37. The molecule has 13 heavy (non-hydrogen) atoms. The minimum Gasteiger partial charge on any atom is -0.398 e. The predicted octanol–water partition coefficient (Wildman–Crippen LogP) is 1.70. The Labute approximate surface area is 89.8 Å². The number of hydrogen-bond donors (Lipinski definition) is 3. The van der Waals surface area contributed by atoms with E-state index in [4.69, 9.17) is 16.9 Å². The predicted molar refractivity (Wildman–Crippen MR) is 61.1 cm³/mol. The molecule has 1 aromatic rings. The van der Waals surface area contributed by atoms with Crippen LogP contribution in [0.4, 0.5) is 5.69 Å². The van der Waals surface area contributed by atoms with E-state index in [1.807, 2.05) is 6.92 Å². The summed E-state index contributed by atoms with van der Waals surface area (Å²) in [4.78, 5) is 0. The number of benzene rings is 1. The fourth-order valence-electron chi connectivity index (χ4n) is 0.945. The molecule has 0 aromatic heterocycles. The first-order chi connectivity index (χ1) is 5.13. The highest BCUT2D eigenvalue weighted by atomic mass is 35.5. The Morgan fingerprint density at radius 1 is 1.31 bits per heavy atom. The van der Waals surface area contributed by atoms with Crippen molar-refractivity contribution >= 4 is 36.3 Å². The Balaban J connectivity index is 0. The van der Waals surface area contributed by atoms with Crippen molar-refractivity contribution in [2.45, 2.75) is 6.92 Å². The lowest BCUT2D eigenvalue weighted by atomic mass is 10.1. The first-order valence-corrected chi connectivity index (χ1v) is 3.32. The number of nitrogens with one attached hydrogen (secondary N) is 1. The minimum atomic E-state index is 0. The number of hydrogen-bond acceptors (Lipinski definition) is 2. The highest BCUT2D eigenvalue weighted by Gasteiger charge is 2.01. The largest absolute Gasteiger partial charge is 0.398 e. The van der Waals surface area contributed by atoms with Crippen molar-refractivity contribution in [2.24, 2.45) is 5.73 Å². The van der Waals surface area contributed by atoms with Crippen molar-refractivity contribution < 1.29 is 0 Å². The van der Waals surface area contributed by atoms with Crippen LogP contribution < -0.4 is 11.5 Å². The van der Waals surface area contributed by atoms with Crippen LogP contribution >= 0.6 is 24.8 Å². The summed E-state index contributed by atoms with van der Waals surface area (Å²) in [6.45, 7) is 1.85. The normalized spacial score (nSPS) is 8.08. The van der Waals surface area contributed by atoms with Gasteiger partial charge in [-0.1, -0.05) is 12.1 Å². The van der Waals surface area contributed by atoms with E-state index in [-0.39, 0.29) is 30.6 Å². The summed E-state index contributed by atoms with van der Waals surface area (Å²) in [7, 11) is 0. The van der Waals surface area contributed by atoms with Crippen LogP contribution in [0.1, 0.15) is 11.1 Å². The van der Waals surface area contributed by atoms with Gasteiger partial charge in [-0.2, -0.15) is 0 Å². The number of halogens is 2. The van der Waals surface area contributed by atoms with E-state index in [9.17, 15) is 0 Å². The molecule has 0 aliphatic carbocycles. The Kier molecular flexibility index (Phi) is 6.36. The topological polar surface area (TPSA) is 75.9 Å². The van der Waals surface area contributed by atoms with Crippen molar-refractivity contribution in [1.82, 2.24) is 0 Å². The lowest BCUT2D eigenvalue weighted by Crippen LogP contribution is -2.13. The second-order valence-electron chi connectivity index (χ2n) is 2.43. The van der Waals surface area contributed by atoms with Gasteiger partial charge in [-0.3, -0.25) is 5.41 Å². The second-order valence-corrected chi connectivity index (χ2v) is 2.43. The summed E-state index contributed by atoms with van der Waals surface area (Å²) in [5, 5.41) is 7.20. The molecule has 0 fully saturated rings. The Hall–Kier alpha value is -0.930. The molecule has 0 unspecified atom stereocenters.